The number of carbonyl (C=O) groups is 1. The van der Waals surface area contributed by atoms with Crippen LogP contribution in [-0.4, -0.2) is 56.3 Å². The van der Waals surface area contributed by atoms with Gasteiger partial charge < -0.3 is 20.3 Å². The molecule has 0 radical (unpaired) electrons. The van der Waals surface area contributed by atoms with E-state index in [2.05, 4.69) is 35.5 Å². The molecule has 0 unspecified atom stereocenters. The van der Waals surface area contributed by atoms with Crippen molar-refractivity contribution in [1.82, 2.24) is 15.5 Å². The van der Waals surface area contributed by atoms with E-state index >= 15 is 0 Å². The van der Waals surface area contributed by atoms with Crippen LogP contribution >= 0.6 is 35.6 Å². The largest absolute Gasteiger partial charge is 0.450 e. The van der Waals surface area contributed by atoms with Crippen molar-refractivity contribution in [2.24, 2.45) is 4.99 Å². The van der Waals surface area contributed by atoms with Gasteiger partial charge in [0.1, 0.15) is 0 Å². The van der Waals surface area contributed by atoms with Crippen LogP contribution in [0.5, 0.6) is 0 Å². The highest BCUT2D eigenvalue weighted by molar-refractivity contribution is 14.0. The van der Waals surface area contributed by atoms with Gasteiger partial charge in [0.25, 0.3) is 0 Å². The van der Waals surface area contributed by atoms with Crippen LogP contribution < -0.4 is 10.6 Å². The van der Waals surface area contributed by atoms with Gasteiger partial charge >= 0.3 is 6.09 Å². The van der Waals surface area contributed by atoms with Crippen LogP contribution in [0.25, 0.3) is 0 Å². The molecule has 0 aliphatic carbocycles. The van der Waals surface area contributed by atoms with Gasteiger partial charge in [-0.25, -0.2) is 4.79 Å². The standard InChI is InChI=1S/C20H31ClN4O2.HI/c1-5-27-19(26)25-11-9-17(10-12-25)24-18(22-4)23-14-20(2,3)15-7-6-8-16(21)13-15;/h6-8,13,17H,5,9-12,14H2,1-4H3,(H2,22,23,24);1H. The van der Waals surface area contributed by atoms with E-state index in [-0.39, 0.29) is 41.5 Å². The number of likely N-dealkylation sites (tertiary alicyclic amines) is 1. The van der Waals surface area contributed by atoms with Gasteiger partial charge in [0.2, 0.25) is 0 Å². The van der Waals surface area contributed by atoms with Crippen LogP contribution in [0, 0.1) is 0 Å². The first-order valence-corrected chi connectivity index (χ1v) is 9.88. The SMILES string of the molecule is CCOC(=O)N1CCC(NC(=NC)NCC(C)(C)c2cccc(Cl)c2)CC1.I. The molecule has 0 saturated carbocycles. The molecule has 8 heteroatoms. The highest BCUT2D eigenvalue weighted by atomic mass is 127. The Morgan fingerprint density at radius 1 is 1.36 bits per heavy atom. The molecule has 0 aromatic heterocycles. The molecule has 6 nitrogen and oxygen atoms in total. The fourth-order valence-corrected chi connectivity index (χ4v) is 3.32. The predicted octanol–water partition coefficient (Wildman–Crippen LogP) is 4.02. The van der Waals surface area contributed by atoms with Gasteiger partial charge in [-0.15, -0.1) is 24.0 Å². The minimum atomic E-state index is -0.221. The summed E-state index contributed by atoms with van der Waals surface area (Å²) in [6.07, 6.45) is 1.52. The Hall–Kier alpha value is -1.22. The average Bonchev–Trinajstić information content (AvgIpc) is 2.66. The zero-order valence-corrected chi connectivity index (χ0v) is 20.2. The number of halogens is 2. The van der Waals surface area contributed by atoms with E-state index in [1.54, 1.807) is 11.9 Å². The topological polar surface area (TPSA) is 66.0 Å². The number of rotatable bonds is 5. The molecule has 28 heavy (non-hydrogen) atoms. The molecule has 2 N–H and O–H groups in total. The van der Waals surface area contributed by atoms with Crippen molar-refractivity contribution in [3.8, 4) is 0 Å². The number of hydrogen-bond donors (Lipinski definition) is 2. The Bertz CT molecular complexity index is 661. The summed E-state index contributed by atoms with van der Waals surface area (Å²) in [5.41, 5.74) is 1.09. The summed E-state index contributed by atoms with van der Waals surface area (Å²) in [7, 11) is 1.77. The highest BCUT2D eigenvalue weighted by Crippen LogP contribution is 2.24. The minimum absolute atomic E-state index is 0. The lowest BCUT2D eigenvalue weighted by molar-refractivity contribution is 0.0963. The summed E-state index contributed by atoms with van der Waals surface area (Å²) in [6, 6.07) is 8.25. The summed E-state index contributed by atoms with van der Waals surface area (Å²) in [4.78, 5) is 17.9. The molecular weight excluding hydrogens is 491 g/mol. The van der Waals surface area contributed by atoms with E-state index in [0.29, 0.717) is 19.7 Å². The van der Waals surface area contributed by atoms with Gasteiger partial charge in [-0.2, -0.15) is 0 Å². The molecule has 1 aromatic rings. The molecular formula is C20H32ClIN4O2. The van der Waals surface area contributed by atoms with Crippen LogP contribution in [0.4, 0.5) is 4.79 Å². The Balaban J connectivity index is 0.00000392. The van der Waals surface area contributed by atoms with E-state index in [1.165, 1.54) is 5.56 Å². The number of guanidine groups is 1. The monoisotopic (exact) mass is 522 g/mol. The Morgan fingerprint density at radius 3 is 2.61 bits per heavy atom. The van der Waals surface area contributed by atoms with Gasteiger partial charge in [-0.1, -0.05) is 37.6 Å². The average molecular weight is 523 g/mol. The smallest absolute Gasteiger partial charge is 0.409 e. The number of nitrogens with zero attached hydrogens (tertiary/aromatic N) is 2. The summed E-state index contributed by atoms with van der Waals surface area (Å²) in [5.74, 6) is 0.777. The maximum atomic E-state index is 11.8. The Morgan fingerprint density at radius 2 is 2.04 bits per heavy atom. The molecule has 1 fully saturated rings. The van der Waals surface area contributed by atoms with Crippen molar-refractivity contribution in [2.45, 2.75) is 45.1 Å². The second-order valence-corrected chi connectivity index (χ2v) is 7.86. The second kappa shape index (κ2) is 11.7. The summed E-state index contributed by atoms with van der Waals surface area (Å²) in [5, 5.41) is 7.63. The maximum absolute atomic E-state index is 11.8. The number of hydrogen-bond acceptors (Lipinski definition) is 3. The van der Waals surface area contributed by atoms with Gasteiger partial charge in [-0.3, -0.25) is 4.99 Å². The normalized spacial score (nSPS) is 15.6. The molecule has 158 valence electrons. The molecule has 1 heterocycles. The fraction of sp³-hybridized carbons (Fsp3) is 0.600. The fourth-order valence-electron chi connectivity index (χ4n) is 3.13. The van der Waals surface area contributed by atoms with Crippen LogP contribution in [0.3, 0.4) is 0 Å². The number of nitrogens with one attached hydrogen (secondary N) is 2. The number of benzene rings is 1. The zero-order chi connectivity index (χ0) is 19.9. The van der Waals surface area contributed by atoms with Gasteiger partial charge in [0.15, 0.2) is 5.96 Å². The number of aliphatic imine (C=N–C) groups is 1. The zero-order valence-electron chi connectivity index (χ0n) is 17.1. The van der Waals surface area contributed by atoms with Crippen LogP contribution in [-0.2, 0) is 10.2 Å². The van der Waals surface area contributed by atoms with E-state index < -0.39 is 0 Å². The van der Waals surface area contributed by atoms with E-state index in [9.17, 15) is 4.79 Å². The third-order valence-corrected chi connectivity index (χ3v) is 5.12. The number of amides is 1. The second-order valence-electron chi connectivity index (χ2n) is 7.42. The quantitative estimate of drug-likeness (QED) is 0.348. The number of carbonyl (C=O) groups excluding carboxylic acids is 1. The lowest BCUT2D eigenvalue weighted by atomic mass is 9.84. The molecule has 1 aromatic carbocycles. The Labute approximate surface area is 190 Å². The van der Waals surface area contributed by atoms with Crippen LogP contribution in [0.2, 0.25) is 5.02 Å². The number of piperidine rings is 1. The van der Waals surface area contributed by atoms with Crippen LogP contribution in [0.1, 0.15) is 39.2 Å². The Kier molecular flexibility index (Phi) is 10.4. The molecule has 0 atom stereocenters. The lowest BCUT2D eigenvalue weighted by Gasteiger charge is -2.33. The van der Waals surface area contributed by atoms with Gasteiger partial charge in [0, 0.05) is 43.2 Å². The molecule has 0 bridgehead atoms. The first-order valence-electron chi connectivity index (χ1n) is 9.50. The van der Waals surface area contributed by atoms with Crippen molar-refractivity contribution in [2.75, 3.05) is 33.3 Å². The van der Waals surface area contributed by atoms with Crippen molar-refractivity contribution < 1.29 is 9.53 Å². The minimum Gasteiger partial charge on any atom is -0.450 e. The molecule has 2 rings (SSSR count). The third kappa shape index (κ3) is 7.31. The highest BCUT2D eigenvalue weighted by Gasteiger charge is 2.25. The molecule has 1 saturated heterocycles. The van der Waals surface area contributed by atoms with Gasteiger partial charge in [0.05, 0.1) is 6.61 Å². The van der Waals surface area contributed by atoms with Gasteiger partial charge in [-0.05, 0) is 37.5 Å². The summed E-state index contributed by atoms with van der Waals surface area (Å²) in [6.45, 7) is 8.72. The van der Waals surface area contributed by atoms with E-state index in [0.717, 1.165) is 30.4 Å². The first-order chi connectivity index (χ1) is 12.9. The predicted molar refractivity (Wildman–Crippen MR) is 126 cm³/mol. The van der Waals surface area contributed by atoms with Crippen molar-refractivity contribution >= 4 is 47.6 Å². The molecule has 0 spiro atoms. The van der Waals surface area contributed by atoms with Crippen molar-refractivity contribution in [3.63, 3.8) is 0 Å². The number of ether oxygens (including phenoxy) is 1. The molecule has 1 aliphatic rings. The lowest BCUT2D eigenvalue weighted by Crippen LogP contribution is -2.51. The summed E-state index contributed by atoms with van der Waals surface area (Å²) >= 11 is 6.13. The maximum Gasteiger partial charge on any atom is 0.409 e. The summed E-state index contributed by atoms with van der Waals surface area (Å²) < 4.78 is 5.07. The van der Waals surface area contributed by atoms with E-state index in [4.69, 9.17) is 16.3 Å². The first kappa shape index (κ1) is 24.8. The van der Waals surface area contributed by atoms with Crippen LogP contribution in [0.15, 0.2) is 29.3 Å². The van der Waals surface area contributed by atoms with E-state index in [1.807, 2.05) is 25.1 Å². The molecule has 1 amide bonds. The van der Waals surface area contributed by atoms with Crippen molar-refractivity contribution in [3.05, 3.63) is 34.9 Å². The third-order valence-electron chi connectivity index (χ3n) is 4.89. The molecule has 1 aliphatic heterocycles. The van der Waals surface area contributed by atoms with Crippen molar-refractivity contribution in [1.29, 1.82) is 0 Å².